The minimum atomic E-state index is -0.388. The van der Waals surface area contributed by atoms with Crippen LogP contribution in [0.2, 0.25) is 5.02 Å². The van der Waals surface area contributed by atoms with Crippen LogP contribution in [0.1, 0.15) is 11.4 Å². The van der Waals surface area contributed by atoms with Crippen LogP contribution >= 0.6 is 11.6 Å². The Kier molecular flexibility index (Phi) is 5.24. The smallest absolute Gasteiger partial charge is 0.280 e. The molecule has 0 radical (unpaired) electrons. The van der Waals surface area contributed by atoms with E-state index in [1.165, 1.54) is 15.3 Å². The van der Waals surface area contributed by atoms with Crippen LogP contribution in [0, 0.1) is 6.92 Å². The maximum absolute atomic E-state index is 13.0. The normalized spacial score (nSPS) is 11.0. The predicted molar refractivity (Wildman–Crippen MR) is 114 cm³/mol. The lowest BCUT2D eigenvalue weighted by Crippen LogP contribution is -2.33. The molecule has 0 saturated carbocycles. The van der Waals surface area contributed by atoms with E-state index in [9.17, 15) is 14.4 Å². The van der Waals surface area contributed by atoms with Crippen molar-refractivity contribution in [1.29, 1.82) is 0 Å². The van der Waals surface area contributed by atoms with Crippen molar-refractivity contribution < 1.29 is 4.79 Å². The maximum Gasteiger partial charge on any atom is 0.280 e. The molecule has 8 nitrogen and oxygen atoms in total. The molecule has 9 heteroatoms. The highest BCUT2D eigenvalue weighted by Gasteiger charge is 2.17. The highest BCUT2D eigenvalue weighted by Crippen LogP contribution is 2.20. The van der Waals surface area contributed by atoms with Crippen LogP contribution in [0.4, 0.5) is 0 Å². The minimum absolute atomic E-state index is 0.204. The summed E-state index contributed by atoms with van der Waals surface area (Å²) in [5, 5.41) is 6.38. The van der Waals surface area contributed by atoms with E-state index < -0.39 is 0 Å². The van der Waals surface area contributed by atoms with Crippen LogP contribution in [-0.2, 0) is 17.9 Å². The number of rotatable bonds is 5. The largest absolute Gasteiger partial charge is 0.349 e. The van der Waals surface area contributed by atoms with Gasteiger partial charge < -0.3 is 9.88 Å². The number of aromatic amines is 1. The van der Waals surface area contributed by atoms with Crippen LogP contribution in [0.5, 0.6) is 0 Å². The highest BCUT2D eigenvalue weighted by molar-refractivity contribution is 6.32. The SMILES string of the molecule is Cc1c2c(=O)n(-c3ccccc3Cl)[nH]c2cc(=O)n1CC(=O)NCc1ccccn1. The van der Waals surface area contributed by atoms with Crippen molar-refractivity contribution in [1.82, 2.24) is 24.6 Å². The fourth-order valence-electron chi connectivity index (χ4n) is 3.30. The van der Waals surface area contributed by atoms with Crippen LogP contribution in [-0.4, -0.2) is 25.2 Å². The zero-order valence-electron chi connectivity index (χ0n) is 16.1. The molecule has 3 aromatic heterocycles. The molecule has 0 atom stereocenters. The molecule has 0 fully saturated rings. The van der Waals surface area contributed by atoms with Crippen molar-refractivity contribution in [2.45, 2.75) is 20.0 Å². The first-order valence-corrected chi connectivity index (χ1v) is 9.60. The molecule has 152 valence electrons. The molecule has 4 rings (SSSR count). The van der Waals surface area contributed by atoms with E-state index in [0.29, 0.717) is 33.0 Å². The van der Waals surface area contributed by atoms with Gasteiger partial charge in [-0.15, -0.1) is 0 Å². The third-order valence-corrected chi connectivity index (χ3v) is 5.13. The first-order valence-electron chi connectivity index (χ1n) is 9.22. The van der Waals surface area contributed by atoms with Crippen molar-refractivity contribution >= 4 is 28.4 Å². The number of nitrogens with one attached hydrogen (secondary N) is 2. The summed E-state index contributed by atoms with van der Waals surface area (Å²) in [5.74, 6) is -0.354. The van der Waals surface area contributed by atoms with Crippen LogP contribution in [0.25, 0.3) is 16.6 Å². The molecular weight excluding hydrogens is 406 g/mol. The van der Waals surface area contributed by atoms with Gasteiger partial charge in [-0.1, -0.05) is 29.8 Å². The minimum Gasteiger partial charge on any atom is -0.349 e. The van der Waals surface area contributed by atoms with Crippen molar-refractivity contribution in [3.63, 3.8) is 0 Å². The van der Waals surface area contributed by atoms with E-state index in [2.05, 4.69) is 15.4 Å². The summed E-state index contributed by atoms with van der Waals surface area (Å²) in [7, 11) is 0. The molecular formula is C21H18ClN5O3. The molecule has 1 amide bonds. The number of halogens is 1. The Morgan fingerprint density at radius 3 is 2.67 bits per heavy atom. The first-order chi connectivity index (χ1) is 14.5. The second-order valence-electron chi connectivity index (χ2n) is 6.74. The van der Waals surface area contributed by atoms with Gasteiger partial charge in [0.05, 0.1) is 33.9 Å². The standard InChI is InChI=1S/C21H18ClN5O3/c1-13-20-16(25-27(21(20)30)17-8-3-2-7-15(17)22)10-19(29)26(13)12-18(28)24-11-14-6-4-5-9-23-14/h2-10,25H,11-12H2,1H3,(H,24,28). The number of amides is 1. The Labute approximate surface area is 175 Å². The van der Waals surface area contributed by atoms with E-state index in [0.717, 1.165) is 0 Å². The Morgan fingerprint density at radius 2 is 1.93 bits per heavy atom. The van der Waals surface area contributed by atoms with Gasteiger partial charge in [0, 0.05) is 18.0 Å². The number of pyridine rings is 2. The number of aryl methyl sites for hydroxylation is 1. The molecule has 4 aromatic rings. The molecule has 0 spiro atoms. The Hall–Kier alpha value is -3.65. The zero-order valence-corrected chi connectivity index (χ0v) is 16.8. The van der Waals surface area contributed by atoms with E-state index in [-0.39, 0.29) is 30.1 Å². The number of fused-ring (bicyclic) bond motifs is 1. The number of carbonyl (C=O) groups excluding carboxylic acids is 1. The van der Waals surface area contributed by atoms with Gasteiger partial charge in [-0.25, -0.2) is 4.68 Å². The fraction of sp³-hybridized carbons (Fsp3) is 0.143. The third kappa shape index (κ3) is 3.65. The number of carbonyl (C=O) groups is 1. The zero-order chi connectivity index (χ0) is 21.3. The first kappa shape index (κ1) is 19.7. The fourth-order valence-corrected chi connectivity index (χ4v) is 3.52. The van der Waals surface area contributed by atoms with E-state index >= 15 is 0 Å². The summed E-state index contributed by atoms with van der Waals surface area (Å²) in [5.41, 5.74) is 1.23. The lowest BCUT2D eigenvalue weighted by molar-refractivity contribution is -0.121. The second kappa shape index (κ2) is 8.00. The summed E-state index contributed by atoms with van der Waals surface area (Å²) in [6, 6.07) is 13.6. The summed E-state index contributed by atoms with van der Waals surface area (Å²) in [4.78, 5) is 42.1. The second-order valence-corrected chi connectivity index (χ2v) is 7.15. The molecule has 0 bridgehead atoms. The summed E-state index contributed by atoms with van der Waals surface area (Å²) < 4.78 is 2.58. The number of nitrogens with zero attached hydrogens (tertiary/aromatic N) is 3. The van der Waals surface area contributed by atoms with Crippen molar-refractivity contribution in [3.05, 3.63) is 91.8 Å². The van der Waals surface area contributed by atoms with Crippen molar-refractivity contribution in [2.75, 3.05) is 0 Å². The summed E-state index contributed by atoms with van der Waals surface area (Å²) in [6.07, 6.45) is 1.64. The number of hydrogen-bond acceptors (Lipinski definition) is 4. The quantitative estimate of drug-likeness (QED) is 0.513. The molecule has 0 aliphatic heterocycles. The van der Waals surface area contributed by atoms with Gasteiger partial charge in [0.15, 0.2) is 0 Å². The average molecular weight is 424 g/mol. The highest BCUT2D eigenvalue weighted by atomic mass is 35.5. The molecule has 1 aromatic carbocycles. The molecule has 3 heterocycles. The van der Waals surface area contributed by atoms with E-state index in [4.69, 9.17) is 11.6 Å². The Bertz CT molecular complexity index is 1350. The number of hydrogen-bond donors (Lipinski definition) is 2. The molecule has 0 unspecified atom stereocenters. The maximum atomic E-state index is 13.0. The molecule has 2 N–H and O–H groups in total. The molecule has 0 aliphatic carbocycles. The predicted octanol–water partition coefficient (Wildman–Crippen LogP) is 2.15. The van der Waals surface area contributed by atoms with Gasteiger partial charge in [-0.2, -0.15) is 0 Å². The van der Waals surface area contributed by atoms with Gasteiger partial charge in [0.2, 0.25) is 5.91 Å². The summed E-state index contributed by atoms with van der Waals surface area (Å²) in [6.45, 7) is 1.69. The number of aromatic nitrogens is 4. The number of para-hydroxylation sites is 1. The Balaban J connectivity index is 1.67. The van der Waals surface area contributed by atoms with Crippen molar-refractivity contribution in [3.8, 4) is 5.69 Å². The van der Waals surface area contributed by atoms with Gasteiger partial charge >= 0.3 is 0 Å². The lowest BCUT2D eigenvalue weighted by atomic mass is 10.2. The van der Waals surface area contributed by atoms with Crippen LogP contribution in [0.3, 0.4) is 0 Å². The molecule has 0 saturated heterocycles. The third-order valence-electron chi connectivity index (χ3n) is 4.81. The summed E-state index contributed by atoms with van der Waals surface area (Å²) >= 11 is 6.21. The van der Waals surface area contributed by atoms with E-state index in [1.807, 2.05) is 6.07 Å². The molecule has 30 heavy (non-hydrogen) atoms. The number of benzene rings is 1. The van der Waals surface area contributed by atoms with E-state index in [1.54, 1.807) is 49.5 Å². The van der Waals surface area contributed by atoms with Gasteiger partial charge in [0.1, 0.15) is 6.54 Å². The van der Waals surface area contributed by atoms with Crippen LogP contribution < -0.4 is 16.4 Å². The Morgan fingerprint density at radius 1 is 1.17 bits per heavy atom. The number of H-pyrrole nitrogens is 1. The van der Waals surface area contributed by atoms with Crippen LogP contribution in [0.15, 0.2) is 64.3 Å². The average Bonchev–Trinajstić information content (AvgIpc) is 3.06. The lowest BCUT2D eigenvalue weighted by Gasteiger charge is -2.10. The van der Waals surface area contributed by atoms with Gasteiger partial charge in [0.25, 0.3) is 11.1 Å². The topological polar surface area (TPSA) is 102 Å². The van der Waals surface area contributed by atoms with Gasteiger partial charge in [-0.05, 0) is 31.2 Å². The molecule has 0 aliphatic rings. The van der Waals surface area contributed by atoms with Crippen molar-refractivity contribution in [2.24, 2.45) is 0 Å². The monoisotopic (exact) mass is 423 g/mol. The van der Waals surface area contributed by atoms with Gasteiger partial charge in [-0.3, -0.25) is 24.5 Å².